The van der Waals surface area contributed by atoms with Gasteiger partial charge < -0.3 is 10.2 Å². The van der Waals surface area contributed by atoms with Crippen molar-refractivity contribution in [3.8, 4) is 6.07 Å². The molecule has 3 rings (SSSR count). The number of hydrogen-bond donors (Lipinski definition) is 2. The Morgan fingerprint density at radius 3 is 2.85 bits per heavy atom. The van der Waals surface area contributed by atoms with Crippen LogP contribution in [0.5, 0.6) is 0 Å². The number of benzene rings is 2. The molecular weight excluding hydrogens is 342 g/mol. The molecule has 7 heteroatoms. The molecule has 0 aliphatic carbocycles. The number of hydrogen-bond acceptors (Lipinski definition) is 4. The van der Waals surface area contributed by atoms with Gasteiger partial charge >= 0.3 is 0 Å². The largest absolute Gasteiger partial charge is 0.350 e. The van der Waals surface area contributed by atoms with E-state index >= 15 is 0 Å². The maximum absolute atomic E-state index is 12.3. The maximum atomic E-state index is 12.3. The van der Waals surface area contributed by atoms with Gasteiger partial charge in [0.25, 0.3) is 5.91 Å². The van der Waals surface area contributed by atoms with Gasteiger partial charge in [-0.1, -0.05) is 30.3 Å². The van der Waals surface area contributed by atoms with Gasteiger partial charge in [-0.2, -0.15) is 10.4 Å². The van der Waals surface area contributed by atoms with Crippen LogP contribution in [0.2, 0.25) is 0 Å². The van der Waals surface area contributed by atoms with Gasteiger partial charge in [-0.05, 0) is 23.8 Å². The molecule has 136 valence electrons. The molecule has 3 aromatic rings. The van der Waals surface area contributed by atoms with E-state index < -0.39 is 0 Å². The number of carbonyl (C=O) groups is 2. The third-order valence-electron chi connectivity index (χ3n) is 4.21. The smallest absolute Gasteiger partial charge is 0.272 e. The second-order valence-corrected chi connectivity index (χ2v) is 6.19. The molecule has 1 aromatic heterocycles. The lowest BCUT2D eigenvalue weighted by atomic mass is 10.1. The molecule has 2 aromatic carbocycles. The van der Waals surface area contributed by atoms with Crippen molar-refractivity contribution >= 4 is 22.7 Å². The molecular formula is C20H19N5O2. The number of aromatic amines is 1. The highest BCUT2D eigenvalue weighted by Crippen LogP contribution is 2.14. The van der Waals surface area contributed by atoms with Crippen molar-refractivity contribution < 1.29 is 9.59 Å². The van der Waals surface area contributed by atoms with Gasteiger partial charge in [0.2, 0.25) is 5.91 Å². The molecule has 0 aliphatic rings. The van der Waals surface area contributed by atoms with Crippen molar-refractivity contribution in [2.45, 2.75) is 13.0 Å². The molecule has 2 N–H and O–H groups in total. The van der Waals surface area contributed by atoms with E-state index in [2.05, 4.69) is 21.6 Å². The number of para-hydroxylation sites is 1. The Balaban J connectivity index is 1.51. The average Bonchev–Trinajstić information content (AvgIpc) is 3.12. The SMILES string of the molecule is CN(Cc1cccc(C#N)c1)C(=O)CCNC(=O)c1n[nH]c2ccccc12. The van der Waals surface area contributed by atoms with Crippen LogP contribution in [0.4, 0.5) is 0 Å². The second-order valence-electron chi connectivity index (χ2n) is 6.19. The average molecular weight is 361 g/mol. The maximum Gasteiger partial charge on any atom is 0.272 e. The Labute approximate surface area is 156 Å². The zero-order chi connectivity index (χ0) is 19.2. The fourth-order valence-electron chi connectivity index (χ4n) is 2.80. The number of aromatic nitrogens is 2. The number of nitrogens with zero attached hydrogens (tertiary/aromatic N) is 3. The number of fused-ring (bicyclic) bond motifs is 1. The minimum Gasteiger partial charge on any atom is -0.350 e. The van der Waals surface area contributed by atoms with Crippen LogP contribution in [0, 0.1) is 11.3 Å². The third kappa shape index (κ3) is 4.30. The van der Waals surface area contributed by atoms with Crippen molar-refractivity contribution in [2.75, 3.05) is 13.6 Å². The molecule has 0 fully saturated rings. The Hall–Kier alpha value is -3.66. The van der Waals surface area contributed by atoms with Crippen LogP contribution in [0.3, 0.4) is 0 Å². The van der Waals surface area contributed by atoms with Crippen LogP contribution >= 0.6 is 0 Å². The molecule has 0 bridgehead atoms. The normalized spacial score (nSPS) is 10.4. The summed E-state index contributed by atoms with van der Waals surface area (Å²) in [4.78, 5) is 26.1. The first-order chi connectivity index (χ1) is 13.1. The first kappa shape index (κ1) is 18.1. The van der Waals surface area contributed by atoms with Gasteiger partial charge in [-0.15, -0.1) is 0 Å². The first-order valence-corrected chi connectivity index (χ1v) is 8.53. The van der Waals surface area contributed by atoms with Crippen LogP contribution in [0.15, 0.2) is 48.5 Å². The lowest BCUT2D eigenvalue weighted by Gasteiger charge is -2.17. The topological polar surface area (TPSA) is 102 Å². The Morgan fingerprint density at radius 1 is 1.22 bits per heavy atom. The third-order valence-corrected chi connectivity index (χ3v) is 4.21. The summed E-state index contributed by atoms with van der Waals surface area (Å²) in [5.41, 5.74) is 2.56. The molecule has 0 atom stereocenters. The summed E-state index contributed by atoms with van der Waals surface area (Å²) < 4.78 is 0. The molecule has 7 nitrogen and oxygen atoms in total. The summed E-state index contributed by atoms with van der Waals surface area (Å²) >= 11 is 0. The molecule has 0 radical (unpaired) electrons. The Kier molecular flexibility index (Phi) is 5.47. The predicted octanol–water partition coefficient (Wildman–Crippen LogP) is 2.21. The number of nitrogens with one attached hydrogen (secondary N) is 2. The molecule has 0 saturated carbocycles. The van der Waals surface area contributed by atoms with E-state index in [-0.39, 0.29) is 24.8 Å². The summed E-state index contributed by atoms with van der Waals surface area (Å²) in [7, 11) is 1.70. The predicted molar refractivity (Wildman–Crippen MR) is 101 cm³/mol. The molecule has 2 amide bonds. The lowest BCUT2D eigenvalue weighted by molar-refractivity contribution is -0.130. The summed E-state index contributed by atoms with van der Waals surface area (Å²) in [6.07, 6.45) is 0.183. The summed E-state index contributed by atoms with van der Waals surface area (Å²) in [5.74, 6) is -0.408. The summed E-state index contributed by atoms with van der Waals surface area (Å²) in [5, 5.41) is 19.3. The quantitative estimate of drug-likeness (QED) is 0.703. The van der Waals surface area contributed by atoms with E-state index in [4.69, 9.17) is 5.26 Å². The molecule has 0 saturated heterocycles. The van der Waals surface area contributed by atoms with Gasteiger partial charge in [0.15, 0.2) is 5.69 Å². The van der Waals surface area contributed by atoms with Gasteiger partial charge in [-0.25, -0.2) is 0 Å². The highest BCUT2D eigenvalue weighted by molar-refractivity contribution is 6.04. The fourth-order valence-corrected chi connectivity index (χ4v) is 2.80. The molecule has 0 spiro atoms. The summed E-state index contributed by atoms with van der Waals surface area (Å²) in [6, 6.07) is 16.6. The highest BCUT2D eigenvalue weighted by atomic mass is 16.2. The Bertz CT molecular complexity index is 1020. The molecule has 27 heavy (non-hydrogen) atoms. The number of amides is 2. The van der Waals surface area contributed by atoms with E-state index in [0.717, 1.165) is 16.5 Å². The summed E-state index contributed by atoms with van der Waals surface area (Å²) in [6.45, 7) is 0.633. The number of rotatable bonds is 6. The minimum absolute atomic E-state index is 0.0930. The molecule has 1 heterocycles. The number of carbonyl (C=O) groups excluding carboxylic acids is 2. The van der Waals surface area contributed by atoms with E-state index in [0.29, 0.717) is 17.8 Å². The van der Waals surface area contributed by atoms with Gasteiger partial charge in [0.05, 0.1) is 17.1 Å². The Morgan fingerprint density at radius 2 is 2.04 bits per heavy atom. The number of H-pyrrole nitrogens is 1. The standard InChI is InChI=1S/C20H19N5O2/c1-25(13-15-6-4-5-14(11-15)12-21)18(26)9-10-22-20(27)19-16-7-2-3-8-17(16)23-24-19/h2-8,11H,9-10,13H2,1H3,(H,22,27)(H,23,24). The van der Waals surface area contributed by atoms with Crippen LogP contribution < -0.4 is 5.32 Å². The van der Waals surface area contributed by atoms with E-state index in [1.165, 1.54) is 0 Å². The lowest BCUT2D eigenvalue weighted by Crippen LogP contribution is -2.32. The van der Waals surface area contributed by atoms with Crippen molar-refractivity contribution in [1.29, 1.82) is 5.26 Å². The van der Waals surface area contributed by atoms with E-state index in [1.54, 1.807) is 30.1 Å². The van der Waals surface area contributed by atoms with E-state index in [9.17, 15) is 9.59 Å². The van der Waals surface area contributed by atoms with E-state index in [1.807, 2.05) is 30.3 Å². The van der Waals surface area contributed by atoms with Crippen molar-refractivity contribution in [2.24, 2.45) is 0 Å². The zero-order valence-corrected chi connectivity index (χ0v) is 14.9. The van der Waals surface area contributed by atoms with Crippen LogP contribution in [0.25, 0.3) is 10.9 Å². The molecule has 0 aliphatic heterocycles. The first-order valence-electron chi connectivity index (χ1n) is 8.53. The van der Waals surface area contributed by atoms with Crippen LogP contribution in [-0.2, 0) is 11.3 Å². The zero-order valence-electron chi connectivity index (χ0n) is 14.9. The van der Waals surface area contributed by atoms with Crippen LogP contribution in [0.1, 0.15) is 28.0 Å². The van der Waals surface area contributed by atoms with Gasteiger partial charge in [0.1, 0.15) is 0 Å². The van der Waals surface area contributed by atoms with Crippen molar-refractivity contribution in [3.63, 3.8) is 0 Å². The second kappa shape index (κ2) is 8.15. The van der Waals surface area contributed by atoms with Gasteiger partial charge in [-0.3, -0.25) is 14.7 Å². The monoisotopic (exact) mass is 361 g/mol. The minimum atomic E-state index is -0.315. The van der Waals surface area contributed by atoms with Crippen molar-refractivity contribution in [1.82, 2.24) is 20.4 Å². The highest BCUT2D eigenvalue weighted by Gasteiger charge is 2.15. The van der Waals surface area contributed by atoms with Gasteiger partial charge in [0, 0.05) is 31.9 Å². The molecule has 0 unspecified atom stereocenters. The van der Waals surface area contributed by atoms with Crippen molar-refractivity contribution in [3.05, 3.63) is 65.4 Å². The fraction of sp³-hybridized carbons (Fsp3) is 0.200. The van der Waals surface area contributed by atoms with Crippen LogP contribution in [-0.4, -0.2) is 40.5 Å². The number of nitriles is 1.